The number of aryl methyl sites for hydroxylation is 2. The van der Waals surface area contributed by atoms with Crippen molar-refractivity contribution in [2.45, 2.75) is 19.8 Å². The molecular weight excluding hydrogens is 228 g/mol. The Kier molecular flexibility index (Phi) is 4.12. The number of aromatic amines is 1. The lowest BCUT2D eigenvalue weighted by Crippen LogP contribution is -2.07. The standard InChI is InChI=1S/C14H16N2O2/c1-2-18-14(17)12-10-15-16-13(12)9-8-11-6-4-3-5-7-11/h3-7,10H,2,8-9H2,1H3,(H,15,16). The van der Waals surface area contributed by atoms with Crippen LogP contribution in [0.25, 0.3) is 0 Å². The largest absolute Gasteiger partial charge is 0.462 e. The average molecular weight is 244 g/mol. The van der Waals surface area contributed by atoms with Crippen LogP contribution in [0.5, 0.6) is 0 Å². The fourth-order valence-electron chi connectivity index (χ4n) is 1.80. The second-order valence-corrected chi connectivity index (χ2v) is 3.95. The van der Waals surface area contributed by atoms with Gasteiger partial charge >= 0.3 is 5.97 Å². The summed E-state index contributed by atoms with van der Waals surface area (Å²) in [5.74, 6) is -0.311. The number of nitrogens with one attached hydrogen (secondary N) is 1. The van der Waals surface area contributed by atoms with Crippen LogP contribution in [0.15, 0.2) is 36.5 Å². The molecule has 2 aromatic rings. The van der Waals surface area contributed by atoms with E-state index in [1.165, 1.54) is 5.56 Å². The van der Waals surface area contributed by atoms with E-state index >= 15 is 0 Å². The highest BCUT2D eigenvalue weighted by Gasteiger charge is 2.14. The molecule has 1 heterocycles. The molecule has 18 heavy (non-hydrogen) atoms. The maximum absolute atomic E-state index is 11.7. The molecule has 0 aliphatic carbocycles. The van der Waals surface area contributed by atoms with E-state index in [1.807, 2.05) is 18.2 Å². The Morgan fingerprint density at radius 1 is 1.28 bits per heavy atom. The summed E-state index contributed by atoms with van der Waals surface area (Å²) < 4.78 is 4.98. The van der Waals surface area contributed by atoms with E-state index in [0.717, 1.165) is 18.5 Å². The van der Waals surface area contributed by atoms with Gasteiger partial charge in [-0.3, -0.25) is 5.10 Å². The van der Waals surface area contributed by atoms with E-state index < -0.39 is 0 Å². The monoisotopic (exact) mass is 244 g/mol. The first-order valence-corrected chi connectivity index (χ1v) is 6.05. The first-order valence-electron chi connectivity index (χ1n) is 6.05. The molecule has 0 radical (unpaired) electrons. The fraction of sp³-hybridized carbons (Fsp3) is 0.286. The Balaban J connectivity index is 2.02. The van der Waals surface area contributed by atoms with Crippen molar-refractivity contribution in [3.05, 3.63) is 53.3 Å². The quantitative estimate of drug-likeness (QED) is 0.821. The Morgan fingerprint density at radius 2 is 2.06 bits per heavy atom. The SMILES string of the molecule is CCOC(=O)c1c[nH]nc1CCc1ccccc1. The van der Waals surface area contributed by atoms with Gasteiger partial charge in [-0.2, -0.15) is 5.10 Å². The van der Waals surface area contributed by atoms with Crippen molar-refractivity contribution in [2.24, 2.45) is 0 Å². The molecule has 4 heteroatoms. The van der Waals surface area contributed by atoms with Crippen LogP contribution in [0.2, 0.25) is 0 Å². The second kappa shape index (κ2) is 6.00. The van der Waals surface area contributed by atoms with E-state index in [-0.39, 0.29) is 5.97 Å². The normalized spacial score (nSPS) is 10.3. The van der Waals surface area contributed by atoms with Gasteiger partial charge in [-0.05, 0) is 25.3 Å². The van der Waals surface area contributed by atoms with Crippen molar-refractivity contribution in [3.8, 4) is 0 Å². The van der Waals surface area contributed by atoms with E-state index in [2.05, 4.69) is 22.3 Å². The van der Waals surface area contributed by atoms with Gasteiger partial charge in [0.2, 0.25) is 0 Å². The number of esters is 1. The number of benzene rings is 1. The molecule has 4 nitrogen and oxygen atoms in total. The van der Waals surface area contributed by atoms with Crippen LogP contribution in [-0.4, -0.2) is 22.8 Å². The number of nitrogens with zero attached hydrogens (tertiary/aromatic N) is 1. The minimum absolute atomic E-state index is 0.311. The summed E-state index contributed by atoms with van der Waals surface area (Å²) in [7, 11) is 0. The van der Waals surface area contributed by atoms with Crippen LogP contribution in [0.3, 0.4) is 0 Å². The van der Waals surface area contributed by atoms with Crippen LogP contribution in [-0.2, 0) is 17.6 Å². The molecule has 0 fully saturated rings. The minimum atomic E-state index is -0.311. The number of rotatable bonds is 5. The molecule has 0 unspecified atom stereocenters. The highest BCUT2D eigenvalue weighted by Crippen LogP contribution is 2.11. The molecule has 0 bridgehead atoms. The van der Waals surface area contributed by atoms with Gasteiger partial charge in [0.15, 0.2) is 0 Å². The van der Waals surface area contributed by atoms with Crippen LogP contribution in [0, 0.1) is 0 Å². The predicted molar refractivity (Wildman–Crippen MR) is 68.4 cm³/mol. The first-order chi connectivity index (χ1) is 8.81. The number of carbonyl (C=O) groups is 1. The van der Waals surface area contributed by atoms with Gasteiger partial charge in [0.25, 0.3) is 0 Å². The molecule has 0 saturated carbocycles. The van der Waals surface area contributed by atoms with Crippen molar-refractivity contribution in [3.63, 3.8) is 0 Å². The molecule has 0 saturated heterocycles. The summed E-state index contributed by atoms with van der Waals surface area (Å²) in [6.45, 7) is 2.17. The molecule has 0 atom stereocenters. The first kappa shape index (κ1) is 12.4. The number of ether oxygens (including phenoxy) is 1. The summed E-state index contributed by atoms with van der Waals surface area (Å²) in [4.78, 5) is 11.7. The lowest BCUT2D eigenvalue weighted by molar-refractivity contribution is 0.0525. The molecular formula is C14H16N2O2. The smallest absolute Gasteiger partial charge is 0.341 e. The van der Waals surface area contributed by atoms with Gasteiger partial charge in [0.05, 0.1) is 12.3 Å². The van der Waals surface area contributed by atoms with Crippen molar-refractivity contribution < 1.29 is 9.53 Å². The summed E-state index contributed by atoms with van der Waals surface area (Å²) >= 11 is 0. The average Bonchev–Trinajstić information content (AvgIpc) is 2.86. The van der Waals surface area contributed by atoms with Crippen molar-refractivity contribution in [2.75, 3.05) is 6.61 Å². The number of hydrogen-bond donors (Lipinski definition) is 1. The van der Waals surface area contributed by atoms with Gasteiger partial charge in [-0.1, -0.05) is 30.3 Å². The Bertz CT molecular complexity index is 506. The van der Waals surface area contributed by atoms with Gasteiger partial charge in [-0.25, -0.2) is 4.79 Å². The summed E-state index contributed by atoms with van der Waals surface area (Å²) in [5, 5.41) is 6.83. The van der Waals surface area contributed by atoms with Crippen molar-refractivity contribution in [1.29, 1.82) is 0 Å². The molecule has 94 valence electrons. The van der Waals surface area contributed by atoms with E-state index in [1.54, 1.807) is 13.1 Å². The highest BCUT2D eigenvalue weighted by atomic mass is 16.5. The van der Waals surface area contributed by atoms with Gasteiger partial charge in [0, 0.05) is 6.20 Å². The fourth-order valence-corrected chi connectivity index (χ4v) is 1.80. The van der Waals surface area contributed by atoms with E-state index in [0.29, 0.717) is 12.2 Å². The van der Waals surface area contributed by atoms with Crippen LogP contribution < -0.4 is 0 Å². The molecule has 0 aliphatic rings. The zero-order valence-electron chi connectivity index (χ0n) is 10.3. The topological polar surface area (TPSA) is 55.0 Å². The molecule has 1 aromatic carbocycles. The van der Waals surface area contributed by atoms with E-state index in [4.69, 9.17) is 4.74 Å². The zero-order valence-corrected chi connectivity index (χ0v) is 10.3. The molecule has 1 N–H and O–H groups in total. The van der Waals surface area contributed by atoms with Gasteiger partial charge in [-0.15, -0.1) is 0 Å². The Hall–Kier alpha value is -2.10. The molecule has 0 spiro atoms. The number of carbonyl (C=O) groups excluding carboxylic acids is 1. The van der Waals surface area contributed by atoms with Crippen molar-refractivity contribution >= 4 is 5.97 Å². The van der Waals surface area contributed by atoms with Crippen LogP contribution in [0.1, 0.15) is 28.5 Å². The minimum Gasteiger partial charge on any atom is -0.462 e. The molecule has 1 aromatic heterocycles. The zero-order chi connectivity index (χ0) is 12.8. The van der Waals surface area contributed by atoms with Crippen LogP contribution in [0.4, 0.5) is 0 Å². The lowest BCUT2D eigenvalue weighted by atomic mass is 10.1. The molecule has 2 rings (SSSR count). The maximum Gasteiger partial charge on any atom is 0.341 e. The maximum atomic E-state index is 11.7. The predicted octanol–water partition coefficient (Wildman–Crippen LogP) is 2.37. The second-order valence-electron chi connectivity index (χ2n) is 3.95. The lowest BCUT2D eigenvalue weighted by Gasteiger charge is -2.02. The van der Waals surface area contributed by atoms with Gasteiger partial charge in [0.1, 0.15) is 5.56 Å². The van der Waals surface area contributed by atoms with Crippen LogP contribution >= 0.6 is 0 Å². The number of H-pyrrole nitrogens is 1. The third kappa shape index (κ3) is 2.97. The van der Waals surface area contributed by atoms with Crippen molar-refractivity contribution in [1.82, 2.24) is 10.2 Å². The van der Waals surface area contributed by atoms with Gasteiger partial charge < -0.3 is 4.74 Å². The summed E-state index contributed by atoms with van der Waals surface area (Å²) in [5.41, 5.74) is 2.53. The number of hydrogen-bond acceptors (Lipinski definition) is 3. The Labute approximate surface area is 106 Å². The van der Waals surface area contributed by atoms with E-state index in [9.17, 15) is 4.79 Å². The summed E-state index contributed by atoms with van der Waals surface area (Å²) in [6, 6.07) is 10.1. The third-order valence-corrected chi connectivity index (χ3v) is 2.71. The molecule has 0 amide bonds. The molecule has 0 aliphatic heterocycles. The number of aromatic nitrogens is 2. The highest BCUT2D eigenvalue weighted by molar-refractivity contribution is 5.90. The summed E-state index contributed by atoms with van der Waals surface area (Å²) in [6.07, 6.45) is 3.18. The third-order valence-electron chi connectivity index (χ3n) is 2.71. The Morgan fingerprint density at radius 3 is 2.78 bits per heavy atom.